The minimum atomic E-state index is 0.322. The van der Waals surface area contributed by atoms with Crippen LogP contribution in [-0.4, -0.2) is 41.5 Å². The summed E-state index contributed by atoms with van der Waals surface area (Å²) in [6, 6.07) is 0. The van der Waals surface area contributed by atoms with E-state index in [0.29, 0.717) is 11.7 Å². The van der Waals surface area contributed by atoms with E-state index < -0.39 is 0 Å². The standard InChI is InChI=1S/C14H26N6/c1-10(2)12-13(17-9-18-14(12)19-15)16-8-11-4-6-20(3)7-5-11/h9-11H,4-8,15H2,1-3H3,(H2,16,17,18,19). The van der Waals surface area contributed by atoms with E-state index >= 15 is 0 Å². The van der Waals surface area contributed by atoms with Crippen molar-refractivity contribution >= 4 is 11.6 Å². The monoisotopic (exact) mass is 278 g/mol. The molecule has 4 N–H and O–H groups in total. The second kappa shape index (κ2) is 6.85. The molecule has 1 aromatic rings. The number of nitrogens with two attached hydrogens (primary N) is 1. The molecule has 0 unspecified atom stereocenters. The Morgan fingerprint density at radius 1 is 1.30 bits per heavy atom. The van der Waals surface area contributed by atoms with Crippen molar-refractivity contribution in [1.29, 1.82) is 0 Å². The van der Waals surface area contributed by atoms with Gasteiger partial charge >= 0.3 is 0 Å². The molecule has 6 nitrogen and oxygen atoms in total. The van der Waals surface area contributed by atoms with Gasteiger partial charge in [-0.3, -0.25) is 0 Å². The zero-order valence-corrected chi connectivity index (χ0v) is 12.7. The smallest absolute Gasteiger partial charge is 0.148 e. The number of hydrazine groups is 1. The number of anilines is 2. The predicted molar refractivity (Wildman–Crippen MR) is 82.6 cm³/mol. The Bertz CT molecular complexity index is 426. The van der Waals surface area contributed by atoms with E-state index in [4.69, 9.17) is 5.84 Å². The maximum absolute atomic E-state index is 5.54. The number of hydrogen-bond donors (Lipinski definition) is 3. The first-order valence-corrected chi connectivity index (χ1v) is 7.35. The number of piperidine rings is 1. The molecule has 0 aromatic carbocycles. The third-order valence-electron chi connectivity index (χ3n) is 3.99. The topological polar surface area (TPSA) is 79.1 Å². The van der Waals surface area contributed by atoms with Gasteiger partial charge in [-0.15, -0.1) is 0 Å². The maximum atomic E-state index is 5.54. The molecule has 0 radical (unpaired) electrons. The molecule has 1 aliphatic rings. The van der Waals surface area contributed by atoms with Gasteiger partial charge in [-0.05, 0) is 44.8 Å². The van der Waals surface area contributed by atoms with E-state index in [1.807, 2.05) is 0 Å². The van der Waals surface area contributed by atoms with E-state index in [-0.39, 0.29) is 0 Å². The highest BCUT2D eigenvalue weighted by atomic mass is 15.3. The Balaban J connectivity index is 2.02. The van der Waals surface area contributed by atoms with Gasteiger partial charge in [-0.1, -0.05) is 13.8 Å². The Morgan fingerprint density at radius 3 is 2.55 bits per heavy atom. The molecular weight excluding hydrogens is 252 g/mol. The first kappa shape index (κ1) is 15.0. The van der Waals surface area contributed by atoms with Crippen LogP contribution in [-0.2, 0) is 0 Å². The summed E-state index contributed by atoms with van der Waals surface area (Å²) < 4.78 is 0. The third kappa shape index (κ3) is 3.58. The summed E-state index contributed by atoms with van der Waals surface area (Å²) in [5.41, 5.74) is 3.72. The second-order valence-electron chi connectivity index (χ2n) is 5.91. The minimum absolute atomic E-state index is 0.322. The highest BCUT2D eigenvalue weighted by Gasteiger charge is 2.18. The van der Waals surface area contributed by atoms with Gasteiger partial charge in [0, 0.05) is 12.1 Å². The van der Waals surface area contributed by atoms with Crippen molar-refractivity contribution in [1.82, 2.24) is 14.9 Å². The normalized spacial score (nSPS) is 17.4. The van der Waals surface area contributed by atoms with Gasteiger partial charge < -0.3 is 15.6 Å². The average molecular weight is 278 g/mol. The Hall–Kier alpha value is -1.40. The van der Waals surface area contributed by atoms with Crippen LogP contribution in [0.25, 0.3) is 0 Å². The molecule has 1 aliphatic heterocycles. The number of hydrogen-bond acceptors (Lipinski definition) is 6. The van der Waals surface area contributed by atoms with E-state index in [1.165, 1.54) is 25.9 Å². The quantitative estimate of drug-likeness (QED) is 0.561. The van der Waals surface area contributed by atoms with Gasteiger partial charge in [-0.25, -0.2) is 15.8 Å². The Morgan fingerprint density at radius 2 is 1.95 bits per heavy atom. The first-order valence-electron chi connectivity index (χ1n) is 7.35. The summed E-state index contributed by atoms with van der Waals surface area (Å²) in [5.74, 6) is 8.19. The van der Waals surface area contributed by atoms with E-state index in [2.05, 4.69) is 46.5 Å². The lowest BCUT2D eigenvalue weighted by atomic mass is 9.97. The third-order valence-corrected chi connectivity index (χ3v) is 3.99. The van der Waals surface area contributed by atoms with Gasteiger partial charge in [0.1, 0.15) is 18.0 Å². The Kier molecular flexibility index (Phi) is 5.14. The molecule has 112 valence electrons. The zero-order valence-electron chi connectivity index (χ0n) is 12.7. The van der Waals surface area contributed by atoms with Gasteiger partial charge in [0.25, 0.3) is 0 Å². The van der Waals surface area contributed by atoms with E-state index in [0.717, 1.165) is 23.8 Å². The zero-order chi connectivity index (χ0) is 14.5. The molecule has 20 heavy (non-hydrogen) atoms. The number of likely N-dealkylation sites (tertiary alicyclic amines) is 1. The van der Waals surface area contributed by atoms with Gasteiger partial charge in [0.15, 0.2) is 0 Å². The summed E-state index contributed by atoms with van der Waals surface area (Å²) >= 11 is 0. The fourth-order valence-electron chi connectivity index (χ4n) is 2.71. The van der Waals surface area contributed by atoms with Gasteiger partial charge in [0.2, 0.25) is 0 Å². The van der Waals surface area contributed by atoms with Crippen LogP contribution < -0.4 is 16.6 Å². The van der Waals surface area contributed by atoms with Crippen LogP contribution in [0.4, 0.5) is 11.6 Å². The molecule has 2 heterocycles. The van der Waals surface area contributed by atoms with E-state index in [9.17, 15) is 0 Å². The number of rotatable bonds is 5. The van der Waals surface area contributed by atoms with Crippen LogP contribution >= 0.6 is 0 Å². The number of nitrogens with one attached hydrogen (secondary N) is 2. The highest BCUT2D eigenvalue weighted by Crippen LogP contribution is 2.28. The molecule has 0 aliphatic carbocycles. The van der Waals surface area contributed by atoms with Crippen molar-refractivity contribution in [2.75, 3.05) is 37.4 Å². The van der Waals surface area contributed by atoms with Crippen LogP contribution in [0.3, 0.4) is 0 Å². The molecular formula is C14H26N6. The lowest BCUT2D eigenvalue weighted by Crippen LogP contribution is -2.33. The molecule has 0 spiro atoms. The molecule has 0 atom stereocenters. The maximum Gasteiger partial charge on any atom is 0.148 e. The average Bonchev–Trinajstić information content (AvgIpc) is 2.46. The van der Waals surface area contributed by atoms with Crippen molar-refractivity contribution in [2.45, 2.75) is 32.6 Å². The molecule has 1 aromatic heterocycles. The molecule has 0 bridgehead atoms. The molecule has 2 rings (SSSR count). The van der Waals surface area contributed by atoms with Crippen molar-refractivity contribution in [3.8, 4) is 0 Å². The minimum Gasteiger partial charge on any atom is -0.369 e. The molecule has 0 saturated carbocycles. The van der Waals surface area contributed by atoms with Crippen molar-refractivity contribution in [3.05, 3.63) is 11.9 Å². The number of nitrogen functional groups attached to an aromatic ring is 1. The summed E-state index contributed by atoms with van der Waals surface area (Å²) in [4.78, 5) is 11.0. The second-order valence-corrected chi connectivity index (χ2v) is 5.91. The largest absolute Gasteiger partial charge is 0.369 e. The molecule has 6 heteroatoms. The van der Waals surface area contributed by atoms with Crippen molar-refractivity contribution in [3.63, 3.8) is 0 Å². The van der Waals surface area contributed by atoms with Crippen molar-refractivity contribution in [2.24, 2.45) is 11.8 Å². The van der Waals surface area contributed by atoms with Gasteiger partial charge in [-0.2, -0.15) is 0 Å². The summed E-state index contributed by atoms with van der Waals surface area (Å²) in [6.07, 6.45) is 4.04. The van der Waals surface area contributed by atoms with Crippen molar-refractivity contribution < 1.29 is 0 Å². The Labute approximate surface area is 121 Å². The molecule has 1 saturated heterocycles. The number of aromatic nitrogens is 2. The van der Waals surface area contributed by atoms with Crippen LogP contribution in [0.15, 0.2) is 6.33 Å². The first-order chi connectivity index (χ1) is 9.61. The summed E-state index contributed by atoms with van der Waals surface area (Å²) in [5, 5.41) is 3.49. The van der Waals surface area contributed by atoms with Crippen LogP contribution in [0.5, 0.6) is 0 Å². The van der Waals surface area contributed by atoms with Crippen LogP contribution in [0.2, 0.25) is 0 Å². The fourth-order valence-corrected chi connectivity index (χ4v) is 2.71. The summed E-state index contributed by atoms with van der Waals surface area (Å²) in [6.45, 7) is 7.58. The van der Waals surface area contributed by atoms with Gasteiger partial charge in [0.05, 0.1) is 0 Å². The SMILES string of the molecule is CC(C)c1c(NN)ncnc1NCC1CCN(C)CC1. The van der Waals surface area contributed by atoms with Crippen LogP contribution in [0.1, 0.15) is 38.2 Å². The van der Waals surface area contributed by atoms with Crippen LogP contribution in [0, 0.1) is 5.92 Å². The highest BCUT2D eigenvalue weighted by molar-refractivity contribution is 5.58. The van der Waals surface area contributed by atoms with E-state index in [1.54, 1.807) is 6.33 Å². The molecule has 1 fully saturated rings. The number of nitrogens with zero attached hydrogens (tertiary/aromatic N) is 3. The predicted octanol–water partition coefficient (Wildman–Crippen LogP) is 1.64. The lowest BCUT2D eigenvalue weighted by Gasteiger charge is -2.29. The molecule has 0 amide bonds. The fraction of sp³-hybridized carbons (Fsp3) is 0.714. The lowest BCUT2D eigenvalue weighted by molar-refractivity contribution is 0.226. The summed E-state index contributed by atoms with van der Waals surface area (Å²) in [7, 11) is 2.18.